The molecule has 0 radical (unpaired) electrons. The SMILES string of the molecule is CCC1CN(CC)CCN1C(=O)c1cc(Cl)ccc1C. The van der Waals surface area contributed by atoms with Crippen LogP contribution in [0.1, 0.15) is 36.2 Å². The first-order valence-electron chi connectivity index (χ1n) is 7.36. The van der Waals surface area contributed by atoms with Crippen molar-refractivity contribution in [3.63, 3.8) is 0 Å². The Hall–Kier alpha value is -1.06. The van der Waals surface area contributed by atoms with E-state index in [4.69, 9.17) is 11.6 Å². The van der Waals surface area contributed by atoms with Crippen LogP contribution in [0.15, 0.2) is 18.2 Å². The first-order chi connectivity index (χ1) is 9.56. The number of hydrogen-bond acceptors (Lipinski definition) is 2. The lowest BCUT2D eigenvalue weighted by Gasteiger charge is -2.41. The van der Waals surface area contributed by atoms with Gasteiger partial charge in [0.1, 0.15) is 0 Å². The van der Waals surface area contributed by atoms with Gasteiger partial charge in [0, 0.05) is 36.3 Å². The number of rotatable bonds is 3. The molecule has 2 rings (SSSR count). The number of amides is 1. The first kappa shape index (κ1) is 15.3. The van der Waals surface area contributed by atoms with Crippen molar-refractivity contribution in [1.82, 2.24) is 9.80 Å². The molecule has 0 spiro atoms. The highest BCUT2D eigenvalue weighted by Crippen LogP contribution is 2.21. The molecule has 0 aromatic heterocycles. The highest BCUT2D eigenvalue weighted by Gasteiger charge is 2.29. The molecule has 1 unspecified atom stereocenters. The number of likely N-dealkylation sites (N-methyl/N-ethyl adjacent to an activating group) is 1. The summed E-state index contributed by atoms with van der Waals surface area (Å²) >= 11 is 6.04. The van der Waals surface area contributed by atoms with Gasteiger partial charge in [-0.15, -0.1) is 0 Å². The van der Waals surface area contributed by atoms with Crippen LogP contribution in [0.2, 0.25) is 5.02 Å². The van der Waals surface area contributed by atoms with Crippen LogP contribution >= 0.6 is 11.6 Å². The minimum atomic E-state index is 0.118. The standard InChI is InChI=1S/C16H23ClN2O/c1-4-14-11-18(5-2)8-9-19(14)16(20)15-10-13(17)7-6-12(15)3/h6-7,10,14H,4-5,8-9,11H2,1-3H3. The van der Waals surface area contributed by atoms with Crippen molar-refractivity contribution >= 4 is 17.5 Å². The molecular weight excluding hydrogens is 272 g/mol. The van der Waals surface area contributed by atoms with Crippen molar-refractivity contribution < 1.29 is 4.79 Å². The van der Waals surface area contributed by atoms with Crippen molar-refractivity contribution in [2.45, 2.75) is 33.2 Å². The predicted molar refractivity (Wildman–Crippen MR) is 83.4 cm³/mol. The largest absolute Gasteiger partial charge is 0.333 e. The molecule has 0 bridgehead atoms. The minimum Gasteiger partial charge on any atom is -0.333 e. The van der Waals surface area contributed by atoms with Crippen LogP contribution in [0, 0.1) is 6.92 Å². The monoisotopic (exact) mass is 294 g/mol. The van der Waals surface area contributed by atoms with E-state index in [9.17, 15) is 4.79 Å². The number of hydrogen-bond donors (Lipinski definition) is 0. The zero-order valence-electron chi connectivity index (χ0n) is 12.5. The van der Waals surface area contributed by atoms with Gasteiger partial charge in [-0.2, -0.15) is 0 Å². The van der Waals surface area contributed by atoms with E-state index < -0.39 is 0 Å². The Bertz CT molecular complexity index is 489. The average molecular weight is 295 g/mol. The molecule has 3 nitrogen and oxygen atoms in total. The van der Waals surface area contributed by atoms with Crippen LogP contribution in [0.3, 0.4) is 0 Å². The van der Waals surface area contributed by atoms with Crippen molar-refractivity contribution in [1.29, 1.82) is 0 Å². The Labute approximate surface area is 126 Å². The second kappa shape index (κ2) is 6.59. The summed E-state index contributed by atoms with van der Waals surface area (Å²) in [4.78, 5) is 17.2. The Balaban J connectivity index is 2.21. The summed E-state index contributed by atoms with van der Waals surface area (Å²) in [6.45, 7) is 10.1. The highest BCUT2D eigenvalue weighted by atomic mass is 35.5. The quantitative estimate of drug-likeness (QED) is 0.855. The summed E-state index contributed by atoms with van der Waals surface area (Å²) in [5.41, 5.74) is 1.73. The normalized spacial score (nSPS) is 20.2. The maximum Gasteiger partial charge on any atom is 0.254 e. The molecule has 1 heterocycles. The van der Waals surface area contributed by atoms with Gasteiger partial charge in [0.25, 0.3) is 5.91 Å². The number of nitrogens with zero attached hydrogens (tertiary/aromatic N) is 2. The number of piperazine rings is 1. The van der Waals surface area contributed by atoms with Crippen LogP contribution in [0.4, 0.5) is 0 Å². The predicted octanol–water partition coefficient (Wildman–Crippen LogP) is 3.20. The maximum atomic E-state index is 12.8. The molecule has 1 aromatic rings. The van der Waals surface area contributed by atoms with Crippen LogP contribution in [-0.4, -0.2) is 47.9 Å². The van der Waals surface area contributed by atoms with Gasteiger partial charge >= 0.3 is 0 Å². The fourth-order valence-electron chi connectivity index (χ4n) is 2.80. The van der Waals surface area contributed by atoms with Gasteiger partial charge < -0.3 is 4.90 Å². The zero-order valence-corrected chi connectivity index (χ0v) is 13.3. The second-order valence-electron chi connectivity index (χ2n) is 5.41. The fraction of sp³-hybridized carbons (Fsp3) is 0.562. The molecular formula is C16H23ClN2O. The lowest BCUT2D eigenvalue weighted by Crippen LogP contribution is -2.54. The minimum absolute atomic E-state index is 0.118. The van der Waals surface area contributed by atoms with E-state index >= 15 is 0 Å². The number of carbonyl (C=O) groups is 1. The van der Waals surface area contributed by atoms with E-state index in [2.05, 4.69) is 18.7 Å². The van der Waals surface area contributed by atoms with Gasteiger partial charge in [-0.05, 0) is 37.6 Å². The number of carbonyl (C=O) groups excluding carboxylic acids is 1. The van der Waals surface area contributed by atoms with Gasteiger partial charge in [0.2, 0.25) is 0 Å². The van der Waals surface area contributed by atoms with E-state index in [0.29, 0.717) is 11.1 Å². The Morgan fingerprint density at radius 2 is 2.10 bits per heavy atom. The third-order valence-corrected chi connectivity index (χ3v) is 4.41. The van der Waals surface area contributed by atoms with Crippen molar-refractivity contribution in [3.8, 4) is 0 Å². The molecule has 1 aromatic carbocycles. The summed E-state index contributed by atoms with van der Waals surface area (Å²) < 4.78 is 0. The summed E-state index contributed by atoms with van der Waals surface area (Å²) in [5.74, 6) is 0.118. The topological polar surface area (TPSA) is 23.6 Å². The van der Waals surface area contributed by atoms with Gasteiger partial charge in [-0.25, -0.2) is 0 Å². The number of aryl methyl sites for hydroxylation is 1. The third kappa shape index (κ3) is 3.15. The van der Waals surface area contributed by atoms with Crippen molar-refractivity contribution in [2.75, 3.05) is 26.2 Å². The lowest BCUT2D eigenvalue weighted by atomic mass is 10.0. The Kier molecular flexibility index (Phi) is 5.06. The van der Waals surface area contributed by atoms with Crippen LogP contribution in [-0.2, 0) is 0 Å². The van der Waals surface area contributed by atoms with Crippen molar-refractivity contribution in [3.05, 3.63) is 34.3 Å². The fourth-order valence-corrected chi connectivity index (χ4v) is 2.98. The summed E-state index contributed by atoms with van der Waals surface area (Å²) in [6.07, 6.45) is 0.988. The molecule has 4 heteroatoms. The molecule has 1 fully saturated rings. The molecule has 1 aliphatic rings. The summed E-state index contributed by atoms with van der Waals surface area (Å²) in [5, 5.41) is 0.624. The van der Waals surface area contributed by atoms with Gasteiger partial charge in [-0.3, -0.25) is 9.69 Å². The molecule has 0 N–H and O–H groups in total. The zero-order chi connectivity index (χ0) is 14.7. The van der Waals surface area contributed by atoms with Crippen LogP contribution in [0.25, 0.3) is 0 Å². The number of benzene rings is 1. The first-order valence-corrected chi connectivity index (χ1v) is 7.74. The molecule has 1 amide bonds. The summed E-state index contributed by atoms with van der Waals surface area (Å²) in [6, 6.07) is 5.84. The molecule has 0 aliphatic carbocycles. The van der Waals surface area contributed by atoms with E-state index in [1.165, 1.54) is 0 Å². The average Bonchev–Trinajstić information content (AvgIpc) is 2.48. The van der Waals surface area contributed by atoms with Gasteiger partial charge in [-0.1, -0.05) is 31.5 Å². The van der Waals surface area contributed by atoms with Crippen LogP contribution in [0.5, 0.6) is 0 Å². The second-order valence-corrected chi connectivity index (χ2v) is 5.85. The molecule has 1 saturated heterocycles. The number of halogens is 1. The Morgan fingerprint density at radius 3 is 2.75 bits per heavy atom. The van der Waals surface area contributed by atoms with Gasteiger partial charge in [0.05, 0.1) is 0 Å². The molecule has 0 saturated carbocycles. The van der Waals surface area contributed by atoms with Gasteiger partial charge in [0.15, 0.2) is 0 Å². The van der Waals surface area contributed by atoms with E-state index in [1.54, 1.807) is 6.07 Å². The Morgan fingerprint density at radius 1 is 1.35 bits per heavy atom. The molecule has 20 heavy (non-hydrogen) atoms. The van der Waals surface area contributed by atoms with Crippen molar-refractivity contribution in [2.24, 2.45) is 0 Å². The van der Waals surface area contributed by atoms with E-state index in [-0.39, 0.29) is 5.91 Å². The molecule has 110 valence electrons. The highest BCUT2D eigenvalue weighted by molar-refractivity contribution is 6.31. The molecule has 1 aliphatic heterocycles. The maximum absolute atomic E-state index is 12.8. The van der Waals surface area contributed by atoms with Crippen LogP contribution < -0.4 is 0 Å². The summed E-state index contributed by atoms with van der Waals surface area (Å²) in [7, 11) is 0. The van der Waals surface area contributed by atoms with E-state index in [1.807, 2.05) is 24.0 Å². The smallest absolute Gasteiger partial charge is 0.254 e. The third-order valence-electron chi connectivity index (χ3n) is 4.18. The molecule has 1 atom stereocenters. The van der Waals surface area contributed by atoms with E-state index in [0.717, 1.165) is 43.7 Å². The lowest BCUT2D eigenvalue weighted by molar-refractivity contribution is 0.0456.